The van der Waals surface area contributed by atoms with Crippen LogP contribution in [0.3, 0.4) is 0 Å². The fourth-order valence-electron chi connectivity index (χ4n) is 1.60. The minimum Gasteiger partial charge on any atom is -0.303 e. The van der Waals surface area contributed by atoms with Crippen LogP contribution in [0.25, 0.3) is 0 Å². The first-order chi connectivity index (χ1) is 6.04. The predicted octanol–water partition coefficient (Wildman–Crippen LogP) is 0.956. The molecule has 4 heteroatoms. The number of carbonyl (C=O) groups excluding carboxylic acids is 1. The minimum atomic E-state index is -2.88. The van der Waals surface area contributed by atoms with Crippen LogP contribution in [0.1, 0.15) is 19.3 Å². The van der Waals surface area contributed by atoms with Crippen LogP contribution in [0.5, 0.6) is 0 Å². The van der Waals surface area contributed by atoms with Gasteiger partial charge in [-0.2, -0.15) is 0 Å². The van der Waals surface area contributed by atoms with Crippen LogP contribution in [0.2, 0.25) is 0 Å². The molecule has 0 aromatic rings. The Hall–Kier alpha value is -0.640. The van der Waals surface area contributed by atoms with Gasteiger partial charge in [0.2, 0.25) is 0 Å². The van der Waals surface area contributed by atoms with Gasteiger partial charge in [-0.3, -0.25) is 0 Å². The molecule has 1 aliphatic rings. The lowest BCUT2D eigenvalue weighted by atomic mass is 9.80. The molecule has 0 bridgehead atoms. The molecule has 0 radical (unpaired) electrons. The number of hydrogen-bond donors (Lipinski definition) is 0. The second-order valence-corrected chi connectivity index (χ2v) is 5.93. The molecule has 0 atom stereocenters. The van der Waals surface area contributed by atoms with Crippen molar-refractivity contribution in [2.24, 2.45) is 5.41 Å². The average Bonchev–Trinajstić information content (AvgIpc) is 2.10. The van der Waals surface area contributed by atoms with Crippen LogP contribution in [-0.2, 0) is 14.6 Å². The molecular weight excluding hydrogens is 188 g/mol. The van der Waals surface area contributed by atoms with E-state index in [0.29, 0.717) is 19.3 Å². The third kappa shape index (κ3) is 2.40. The molecule has 0 aromatic heterocycles. The van der Waals surface area contributed by atoms with E-state index in [0.717, 1.165) is 6.29 Å². The number of rotatable bonds is 3. The van der Waals surface area contributed by atoms with Crippen molar-refractivity contribution in [3.8, 4) is 0 Å². The highest BCUT2D eigenvalue weighted by Gasteiger charge is 2.35. The fourth-order valence-corrected chi connectivity index (χ4v) is 3.24. The smallest absolute Gasteiger partial charge is 0.150 e. The number of aldehydes is 1. The van der Waals surface area contributed by atoms with Gasteiger partial charge in [-0.1, -0.05) is 6.08 Å². The Kier molecular flexibility index (Phi) is 2.91. The molecule has 1 saturated heterocycles. The van der Waals surface area contributed by atoms with Crippen LogP contribution in [0.4, 0.5) is 0 Å². The summed E-state index contributed by atoms with van der Waals surface area (Å²) in [5, 5.41) is 0. The largest absolute Gasteiger partial charge is 0.303 e. The second kappa shape index (κ2) is 3.62. The van der Waals surface area contributed by atoms with E-state index in [2.05, 4.69) is 6.58 Å². The van der Waals surface area contributed by atoms with E-state index in [1.807, 2.05) is 0 Å². The van der Waals surface area contributed by atoms with E-state index in [1.54, 1.807) is 6.08 Å². The lowest BCUT2D eigenvalue weighted by Gasteiger charge is -2.30. The second-order valence-electron chi connectivity index (χ2n) is 3.62. The number of carbonyl (C=O) groups is 1. The molecular formula is C9H14O3S. The first-order valence-corrected chi connectivity index (χ1v) is 6.13. The van der Waals surface area contributed by atoms with Gasteiger partial charge in [-0.15, -0.1) is 6.58 Å². The molecule has 1 fully saturated rings. The molecule has 0 saturated carbocycles. The van der Waals surface area contributed by atoms with Crippen molar-refractivity contribution in [1.29, 1.82) is 0 Å². The van der Waals surface area contributed by atoms with Crippen molar-refractivity contribution >= 4 is 16.1 Å². The SMILES string of the molecule is C=CCC1(C=O)CCS(=O)(=O)CC1. The Balaban J connectivity index is 2.73. The van der Waals surface area contributed by atoms with E-state index in [1.165, 1.54) is 0 Å². The van der Waals surface area contributed by atoms with E-state index in [4.69, 9.17) is 0 Å². The zero-order chi connectivity index (χ0) is 9.95. The van der Waals surface area contributed by atoms with Crippen LogP contribution in [0.15, 0.2) is 12.7 Å². The van der Waals surface area contributed by atoms with Gasteiger partial charge in [0.25, 0.3) is 0 Å². The van der Waals surface area contributed by atoms with Crippen molar-refractivity contribution in [2.75, 3.05) is 11.5 Å². The van der Waals surface area contributed by atoms with Gasteiger partial charge in [-0.25, -0.2) is 8.42 Å². The highest BCUT2D eigenvalue weighted by molar-refractivity contribution is 7.91. The number of sulfone groups is 1. The van der Waals surface area contributed by atoms with Crippen LogP contribution < -0.4 is 0 Å². The normalized spacial score (nSPS) is 24.9. The van der Waals surface area contributed by atoms with Gasteiger partial charge in [0.15, 0.2) is 0 Å². The highest BCUT2D eigenvalue weighted by Crippen LogP contribution is 2.33. The summed E-state index contributed by atoms with van der Waals surface area (Å²) < 4.78 is 22.2. The van der Waals surface area contributed by atoms with Crippen LogP contribution in [-0.4, -0.2) is 26.2 Å². The Morgan fingerprint density at radius 2 is 1.85 bits per heavy atom. The first-order valence-electron chi connectivity index (χ1n) is 4.31. The number of hydrogen-bond acceptors (Lipinski definition) is 3. The first kappa shape index (κ1) is 10.4. The maximum Gasteiger partial charge on any atom is 0.150 e. The maximum atomic E-state index is 11.1. The van der Waals surface area contributed by atoms with Gasteiger partial charge in [0, 0.05) is 5.41 Å². The molecule has 3 nitrogen and oxygen atoms in total. The van der Waals surface area contributed by atoms with Crippen molar-refractivity contribution in [3.63, 3.8) is 0 Å². The summed E-state index contributed by atoms with van der Waals surface area (Å²) >= 11 is 0. The summed E-state index contributed by atoms with van der Waals surface area (Å²) in [6.07, 6.45) is 4.07. The Labute approximate surface area is 78.8 Å². The van der Waals surface area contributed by atoms with Crippen LogP contribution in [0, 0.1) is 5.41 Å². The lowest BCUT2D eigenvalue weighted by molar-refractivity contribution is -0.116. The molecule has 0 aliphatic carbocycles. The van der Waals surface area contributed by atoms with Gasteiger partial charge >= 0.3 is 0 Å². The zero-order valence-corrected chi connectivity index (χ0v) is 8.35. The topological polar surface area (TPSA) is 51.2 Å². The predicted molar refractivity (Wildman–Crippen MR) is 51.2 cm³/mol. The third-order valence-corrected chi connectivity index (χ3v) is 4.28. The fraction of sp³-hybridized carbons (Fsp3) is 0.667. The third-order valence-electron chi connectivity index (χ3n) is 2.62. The highest BCUT2D eigenvalue weighted by atomic mass is 32.2. The average molecular weight is 202 g/mol. The van der Waals surface area contributed by atoms with E-state index >= 15 is 0 Å². The van der Waals surface area contributed by atoms with E-state index in [9.17, 15) is 13.2 Å². The minimum absolute atomic E-state index is 0.138. The molecule has 13 heavy (non-hydrogen) atoms. The molecule has 74 valence electrons. The molecule has 0 N–H and O–H groups in total. The Bertz CT molecular complexity index is 289. The standard InChI is InChI=1S/C9H14O3S/c1-2-3-9(8-10)4-6-13(11,12)7-5-9/h2,8H,1,3-7H2. The summed E-state index contributed by atoms with van der Waals surface area (Å²) in [6, 6.07) is 0. The van der Waals surface area contributed by atoms with Gasteiger partial charge in [0.05, 0.1) is 11.5 Å². The van der Waals surface area contributed by atoms with Gasteiger partial charge in [0.1, 0.15) is 16.1 Å². The lowest BCUT2D eigenvalue weighted by Crippen LogP contribution is -2.34. The molecule has 0 spiro atoms. The monoisotopic (exact) mass is 202 g/mol. The summed E-state index contributed by atoms with van der Waals surface area (Å²) in [7, 11) is -2.88. The number of allylic oxidation sites excluding steroid dienone is 1. The molecule has 1 aliphatic heterocycles. The summed E-state index contributed by atoms with van der Waals surface area (Å²) in [5.41, 5.74) is -0.451. The van der Waals surface area contributed by atoms with Crippen molar-refractivity contribution in [1.82, 2.24) is 0 Å². The Morgan fingerprint density at radius 3 is 2.23 bits per heavy atom. The van der Waals surface area contributed by atoms with Crippen LogP contribution >= 0.6 is 0 Å². The van der Waals surface area contributed by atoms with Gasteiger partial charge in [-0.05, 0) is 19.3 Å². The Morgan fingerprint density at radius 1 is 1.31 bits per heavy atom. The molecule has 0 unspecified atom stereocenters. The van der Waals surface area contributed by atoms with E-state index < -0.39 is 15.3 Å². The molecule has 0 aromatic carbocycles. The van der Waals surface area contributed by atoms with Crippen molar-refractivity contribution in [3.05, 3.63) is 12.7 Å². The molecule has 0 amide bonds. The van der Waals surface area contributed by atoms with E-state index in [-0.39, 0.29) is 11.5 Å². The zero-order valence-electron chi connectivity index (χ0n) is 7.53. The van der Waals surface area contributed by atoms with Crippen molar-refractivity contribution in [2.45, 2.75) is 19.3 Å². The summed E-state index contributed by atoms with van der Waals surface area (Å²) in [6.45, 7) is 3.58. The maximum absolute atomic E-state index is 11.1. The molecule has 1 rings (SSSR count). The summed E-state index contributed by atoms with van der Waals surface area (Å²) in [4.78, 5) is 10.8. The summed E-state index contributed by atoms with van der Waals surface area (Å²) in [5.74, 6) is 0.277. The van der Waals surface area contributed by atoms with Gasteiger partial charge < -0.3 is 4.79 Å². The quantitative estimate of drug-likeness (QED) is 0.506. The molecule has 1 heterocycles. The van der Waals surface area contributed by atoms with Crippen molar-refractivity contribution < 1.29 is 13.2 Å².